The van der Waals surface area contributed by atoms with E-state index in [9.17, 15) is 4.79 Å². The number of fused-ring (bicyclic) bond motifs is 1. The summed E-state index contributed by atoms with van der Waals surface area (Å²) in [5.74, 6) is 0.984. The molecule has 21 heavy (non-hydrogen) atoms. The first-order valence-corrected chi connectivity index (χ1v) is 8.94. The molecule has 0 spiro atoms. The second kappa shape index (κ2) is 6.25. The van der Waals surface area contributed by atoms with Gasteiger partial charge >= 0.3 is 0 Å². The number of hydrogen-bond donors (Lipinski definition) is 1. The molecule has 3 rings (SSSR count). The normalized spacial score (nSPS) is 37.5. The molecule has 4 atom stereocenters. The predicted molar refractivity (Wildman–Crippen MR) is 84.9 cm³/mol. The molecule has 1 amide bonds. The Balaban J connectivity index is 1.78. The Kier molecular flexibility index (Phi) is 4.55. The van der Waals surface area contributed by atoms with Crippen LogP contribution in [0.25, 0.3) is 0 Å². The molecular formula is C17H31N3O. The molecular weight excluding hydrogens is 262 g/mol. The third-order valence-electron chi connectivity index (χ3n) is 5.56. The molecule has 4 unspecified atom stereocenters. The van der Waals surface area contributed by atoms with Gasteiger partial charge in [-0.1, -0.05) is 27.2 Å². The molecule has 0 aliphatic carbocycles. The highest BCUT2D eigenvalue weighted by molar-refractivity contribution is 5.84. The van der Waals surface area contributed by atoms with Crippen molar-refractivity contribution in [2.45, 2.75) is 83.6 Å². The second-order valence-electron chi connectivity index (χ2n) is 7.47. The maximum Gasteiger partial charge on any atom is 0.241 e. The minimum Gasteiger partial charge on any atom is -0.321 e. The van der Waals surface area contributed by atoms with Gasteiger partial charge in [0, 0.05) is 12.6 Å². The van der Waals surface area contributed by atoms with Crippen molar-refractivity contribution < 1.29 is 4.79 Å². The third kappa shape index (κ3) is 2.85. The SMILES string of the molecule is CCC1NC(CC(C)C)N(C2CCN3CCCCC23)C1=O. The molecule has 3 aliphatic rings. The van der Waals surface area contributed by atoms with Crippen LogP contribution in [0.4, 0.5) is 0 Å². The fourth-order valence-corrected chi connectivity index (χ4v) is 4.58. The van der Waals surface area contributed by atoms with Gasteiger partial charge in [-0.25, -0.2) is 0 Å². The zero-order valence-corrected chi connectivity index (χ0v) is 13.8. The lowest BCUT2D eigenvalue weighted by atomic mass is 9.96. The van der Waals surface area contributed by atoms with Crippen molar-refractivity contribution >= 4 is 5.91 Å². The van der Waals surface area contributed by atoms with Gasteiger partial charge in [-0.3, -0.25) is 15.0 Å². The van der Waals surface area contributed by atoms with Crippen LogP contribution in [-0.4, -0.2) is 53.1 Å². The lowest BCUT2D eigenvalue weighted by Crippen LogP contribution is -2.52. The first-order valence-electron chi connectivity index (χ1n) is 8.94. The maximum atomic E-state index is 12.8. The largest absolute Gasteiger partial charge is 0.321 e. The Bertz CT molecular complexity index is 384. The molecule has 3 aliphatic heterocycles. The van der Waals surface area contributed by atoms with Crippen LogP contribution < -0.4 is 5.32 Å². The van der Waals surface area contributed by atoms with Crippen LogP contribution in [0.3, 0.4) is 0 Å². The molecule has 0 saturated carbocycles. The molecule has 0 aromatic heterocycles. The summed E-state index contributed by atoms with van der Waals surface area (Å²) in [5.41, 5.74) is 0. The lowest BCUT2D eigenvalue weighted by molar-refractivity contribution is -0.133. The van der Waals surface area contributed by atoms with Crippen LogP contribution >= 0.6 is 0 Å². The lowest BCUT2D eigenvalue weighted by Gasteiger charge is -2.38. The van der Waals surface area contributed by atoms with Crippen LogP contribution in [0, 0.1) is 5.92 Å². The average Bonchev–Trinajstić information content (AvgIpc) is 3.00. The Morgan fingerprint density at radius 3 is 2.71 bits per heavy atom. The van der Waals surface area contributed by atoms with Crippen LogP contribution in [0.2, 0.25) is 0 Å². The van der Waals surface area contributed by atoms with Gasteiger partial charge in [0.25, 0.3) is 0 Å². The maximum absolute atomic E-state index is 12.8. The van der Waals surface area contributed by atoms with Gasteiger partial charge in [0.05, 0.1) is 18.2 Å². The topological polar surface area (TPSA) is 35.6 Å². The van der Waals surface area contributed by atoms with E-state index in [0.717, 1.165) is 12.8 Å². The third-order valence-corrected chi connectivity index (χ3v) is 5.56. The number of hydrogen-bond acceptors (Lipinski definition) is 3. The molecule has 3 fully saturated rings. The van der Waals surface area contributed by atoms with E-state index in [1.54, 1.807) is 0 Å². The summed E-state index contributed by atoms with van der Waals surface area (Å²) in [6, 6.07) is 1.12. The quantitative estimate of drug-likeness (QED) is 0.863. The summed E-state index contributed by atoms with van der Waals surface area (Å²) in [6.45, 7) is 9.05. The Labute approximate surface area is 129 Å². The van der Waals surface area contributed by atoms with E-state index in [-0.39, 0.29) is 12.2 Å². The van der Waals surface area contributed by atoms with Crippen molar-refractivity contribution in [1.82, 2.24) is 15.1 Å². The molecule has 3 saturated heterocycles. The summed E-state index contributed by atoms with van der Waals surface area (Å²) in [4.78, 5) is 17.7. The fraction of sp³-hybridized carbons (Fsp3) is 0.941. The fourth-order valence-electron chi connectivity index (χ4n) is 4.58. The predicted octanol–water partition coefficient (Wildman–Crippen LogP) is 2.20. The average molecular weight is 293 g/mol. The number of nitrogens with one attached hydrogen (secondary N) is 1. The van der Waals surface area contributed by atoms with Crippen LogP contribution in [-0.2, 0) is 4.79 Å². The number of carbonyl (C=O) groups is 1. The van der Waals surface area contributed by atoms with Gasteiger partial charge in [0.1, 0.15) is 0 Å². The molecule has 4 heteroatoms. The van der Waals surface area contributed by atoms with Gasteiger partial charge < -0.3 is 4.90 Å². The number of carbonyl (C=O) groups excluding carboxylic acids is 1. The van der Waals surface area contributed by atoms with Crippen LogP contribution in [0.1, 0.15) is 59.3 Å². The summed E-state index contributed by atoms with van der Waals surface area (Å²) in [5, 5.41) is 3.60. The van der Waals surface area contributed by atoms with E-state index in [1.165, 1.54) is 38.8 Å². The zero-order valence-electron chi connectivity index (χ0n) is 13.8. The van der Waals surface area contributed by atoms with Gasteiger partial charge in [0.15, 0.2) is 0 Å². The first-order chi connectivity index (χ1) is 10.1. The molecule has 1 N–H and O–H groups in total. The summed E-state index contributed by atoms with van der Waals surface area (Å²) < 4.78 is 0. The summed E-state index contributed by atoms with van der Waals surface area (Å²) in [6.07, 6.45) is 7.36. The molecule has 0 aromatic rings. The Morgan fingerprint density at radius 2 is 2.00 bits per heavy atom. The van der Waals surface area contributed by atoms with Crippen molar-refractivity contribution in [3.05, 3.63) is 0 Å². The molecule has 0 radical (unpaired) electrons. The highest BCUT2D eigenvalue weighted by Gasteiger charge is 2.47. The highest BCUT2D eigenvalue weighted by Crippen LogP contribution is 2.34. The molecule has 120 valence electrons. The number of piperidine rings is 1. The van der Waals surface area contributed by atoms with Gasteiger partial charge in [0.2, 0.25) is 5.91 Å². The Hall–Kier alpha value is -0.610. The molecule has 0 aromatic carbocycles. The van der Waals surface area contributed by atoms with E-state index in [1.807, 2.05) is 0 Å². The first kappa shape index (κ1) is 15.3. The van der Waals surface area contributed by atoms with Gasteiger partial charge in [-0.05, 0) is 44.6 Å². The van der Waals surface area contributed by atoms with E-state index >= 15 is 0 Å². The van der Waals surface area contributed by atoms with Crippen molar-refractivity contribution in [2.75, 3.05) is 13.1 Å². The zero-order chi connectivity index (χ0) is 15.0. The van der Waals surface area contributed by atoms with Crippen molar-refractivity contribution in [3.8, 4) is 0 Å². The van der Waals surface area contributed by atoms with Crippen molar-refractivity contribution in [1.29, 1.82) is 0 Å². The monoisotopic (exact) mass is 293 g/mol. The van der Waals surface area contributed by atoms with E-state index in [4.69, 9.17) is 0 Å². The standard InChI is InChI=1S/C17H31N3O/c1-4-13-17(21)20(16(18-13)11-12(2)3)15-8-10-19-9-6-5-7-14(15)19/h12-16,18H,4-11H2,1-3H3. The number of rotatable bonds is 4. The number of amides is 1. The summed E-state index contributed by atoms with van der Waals surface area (Å²) in [7, 11) is 0. The minimum atomic E-state index is 0.0476. The van der Waals surface area contributed by atoms with Crippen molar-refractivity contribution in [2.24, 2.45) is 5.92 Å². The molecule has 0 bridgehead atoms. The minimum absolute atomic E-state index is 0.0476. The smallest absolute Gasteiger partial charge is 0.241 e. The molecule has 3 heterocycles. The van der Waals surface area contributed by atoms with Gasteiger partial charge in [-0.15, -0.1) is 0 Å². The van der Waals surface area contributed by atoms with E-state index in [2.05, 4.69) is 35.9 Å². The second-order valence-corrected chi connectivity index (χ2v) is 7.47. The Morgan fingerprint density at radius 1 is 1.19 bits per heavy atom. The van der Waals surface area contributed by atoms with Gasteiger partial charge in [-0.2, -0.15) is 0 Å². The van der Waals surface area contributed by atoms with Crippen LogP contribution in [0.5, 0.6) is 0 Å². The molecule has 4 nitrogen and oxygen atoms in total. The number of nitrogens with zero attached hydrogens (tertiary/aromatic N) is 2. The van der Waals surface area contributed by atoms with E-state index < -0.39 is 0 Å². The van der Waals surface area contributed by atoms with E-state index in [0.29, 0.717) is 23.9 Å². The van der Waals surface area contributed by atoms with Crippen molar-refractivity contribution in [3.63, 3.8) is 0 Å². The summed E-state index contributed by atoms with van der Waals surface area (Å²) >= 11 is 0. The highest BCUT2D eigenvalue weighted by atomic mass is 16.2. The van der Waals surface area contributed by atoms with Crippen LogP contribution in [0.15, 0.2) is 0 Å².